The van der Waals surface area contributed by atoms with Crippen molar-refractivity contribution in [1.29, 1.82) is 0 Å². The Hall–Kier alpha value is -9.35. The van der Waals surface area contributed by atoms with Crippen LogP contribution in [-0.4, -0.2) is 227 Å². The standard InChI is InChI=1S/C67H97N17O16/c1-66(2,3)83(25-29-97-33-37-99-35-31-95-27-7-9-50(85)19-21-52(62(91)92)77-58(87)44-11-15-46(16-12-44)71-39-48-41-73-56-54(75-48)60(89)81-64(68)79-56)24-23-70-43-84(67(4,5)6)26-30-98-34-38-100-36-32-96-28-8-10-51(86)20-22-53(63(93)94)78-59(88)45-13-17-47(18-14-45)72-40-49-42-74-57-55(76-49)61(90)82-65(69)80-57/h11-18,23,41-42,52-53,71-72,76H,7-10,19-22,24-40,43H2,1-6H3,(H,77,87)(H,78,88)(H,91,92)(H,93,94)(H3,68,73,79,81,89)(H4,69,74,80,82,90)/t52?,53-/m0/s1. The van der Waals surface area contributed by atoms with E-state index in [4.69, 9.17) is 44.9 Å². The highest BCUT2D eigenvalue weighted by atomic mass is 16.5. The van der Waals surface area contributed by atoms with E-state index in [0.29, 0.717) is 154 Å². The molecule has 2 atom stereocenters. The van der Waals surface area contributed by atoms with Crippen molar-refractivity contribution in [2.75, 3.05) is 145 Å². The Labute approximate surface area is 579 Å². The maximum atomic E-state index is 12.9. The number of aromatic nitrogens is 6. The molecule has 5 aromatic rings. The predicted octanol–water partition coefficient (Wildman–Crippen LogP) is 4.02. The molecule has 0 bridgehead atoms. The fourth-order valence-electron chi connectivity index (χ4n) is 9.75. The number of hydrogen-bond donors (Lipinski definition) is 12. The number of Topliss-reactive ketones (excluding diaryl/α,β-unsaturated/α-hetero) is 2. The zero-order valence-corrected chi connectivity index (χ0v) is 57.8. The van der Waals surface area contributed by atoms with Crippen LogP contribution in [0.2, 0.25) is 0 Å². The SMILES string of the molecule is CC(C)(C)N(CC=NCN(CCOCCOCCOCCCC(=O)CC[C@H](NC(=O)c1ccc(NCC2=CNc3nc(N)[nH]c(=O)c3N2)cc1)C(=O)O)C(C)(C)C)CCOCCOCCOCCCC(=O)CCC(NC(=O)c1ccc(NCc2cnc3nc(N)[nH]c(=O)c3n2)cc1)C(=O)O. The smallest absolute Gasteiger partial charge is 0.326 e. The second kappa shape index (κ2) is 41.3. The van der Waals surface area contributed by atoms with Crippen molar-refractivity contribution in [1.82, 2.24) is 50.3 Å². The lowest BCUT2D eigenvalue weighted by atomic mass is 10.1. The van der Waals surface area contributed by atoms with Crippen molar-refractivity contribution in [3.8, 4) is 0 Å². The van der Waals surface area contributed by atoms with Gasteiger partial charge in [-0.3, -0.25) is 53.5 Å². The molecule has 100 heavy (non-hydrogen) atoms. The Morgan fingerprint density at radius 3 is 1.55 bits per heavy atom. The first-order valence-electron chi connectivity index (χ1n) is 33.2. The van der Waals surface area contributed by atoms with Crippen molar-refractivity contribution < 1.29 is 67.4 Å². The molecular formula is C67H97N17O16. The van der Waals surface area contributed by atoms with Crippen molar-refractivity contribution in [3.05, 3.63) is 104 Å². The number of aliphatic carboxylic acids is 2. The summed E-state index contributed by atoms with van der Waals surface area (Å²) >= 11 is 0. The number of fused-ring (bicyclic) bond motifs is 2. The number of nitrogens with one attached hydrogen (secondary N) is 8. The maximum absolute atomic E-state index is 12.9. The molecule has 546 valence electrons. The lowest BCUT2D eigenvalue weighted by molar-refractivity contribution is -0.140. The van der Waals surface area contributed by atoms with E-state index in [1.54, 1.807) is 42.6 Å². The highest BCUT2D eigenvalue weighted by molar-refractivity contribution is 5.98. The summed E-state index contributed by atoms with van der Waals surface area (Å²) in [4.78, 5) is 130. The van der Waals surface area contributed by atoms with Gasteiger partial charge in [0.05, 0.1) is 103 Å². The highest BCUT2D eigenvalue weighted by Gasteiger charge is 2.26. The van der Waals surface area contributed by atoms with Crippen LogP contribution in [0.3, 0.4) is 0 Å². The summed E-state index contributed by atoms with van der Waals surface area (Å²) < 4.78 is 34.3. The molecule has 0 saturated carbocycles. The maximum Gasteiger partial charge on any atom is 0.326 e. The van der Waals surface area contributed by atoms with Gasteiger partial charge in [-0.1, -0.05) is 0 Å². The van der Waals surface area contributed by atoms with Gasteiger partial charge >= 0.3 is 11.9 Å². The molecule has 1 aliphatic heterocycles. The van der Waals surface area contributed by atoms with Crippen molar-refractivity contribution in [3.63, 3.8) is 0 Å². The van der Waals surface area contributed by atoms with E-state index in [1.165, 1.54) is 18.3 Å². The predicted molar refractivity (Wildman–Crippen MR) is 376 cm³/mol. The van der Waals surface area contributed by atoms with Crippen molar-refractivity contribution in [2.24, 2.45) is 4.99 Å². The first kappa shape index (κ1) is 79.6. The van der Waals surface area contributed by atoms with Gasteiger partial charge < -0.3 is 82.0 Å². The van der Waals surface area contributed by atoms with E-state index >= 15 is 0 Å². The molecule has 0 spiro atoms. The molecule has 33 nitrogen and oxygen atoms in total. The van der Waals surface area contributed by atoms with Gasteiger partial charge in [-0.25, -0.2) is 19.6 Å². The molecule has 6 rings (SSSR count). The summed E-state index contributed by atoms with van der Waals surface area (Å²) in [6.45, 7) is 20.5. The molecule has 14 N–H and O–H groups in total. The number of rotatable bonds is 48. The van der Waals surface area contributed by atoms with Gasteiger partial charge in [-0.15, -0.1) is 0 Å². The van der Waals surface area contributed by atoms with E-state index in [9.17, 15) is 48.6 Å². The quantitative estimate of drug-likeness (QED) is 0.0193. The summed E-state index contributed by atoms with van der Waals surface area (Å²) in [7, 11) is 0. The third-order valence-corrected chi connectivity index (χ3v) is 15.5. The Morgan fingerprint density at radius 2 is 1.05 bits per heavy atom. The average molecular weight is 1400 g/mol. The Balaban J connectivity index is 0.716. The van der Waals surface area contributed by atoms with Crippen molar-refractivity contribution in [2.45, 2.75) is 123 Å². The number of aliphatic imine (C=N–C) groups is 1. The molecule has 1 aliphatic rings. The molecule has 2 amide bonds. The average Bonchev–Trinajstić information content (AvgIpc) is 0.817. The van der Waals surface area contributed by atoms with Crippen LogP contribution in [0.15, 0.2) is 81.2 Å². The Kier molecular flexibility index (Phi) is 32.9. The minimum Gasteiger partial charge on any atom is -0.480 e. The number of carbonyl (C=O) groups excluding carboxylic acids is 4. The number of carboxylic acids is 2. The molecule has 0 aliphatic carbocycles. The van der Waals surface area contributed by atoms with Crippen molar-refractivity contribution >= 4 is 87.5 Å². The molecule has 33 heteroatoms. The summed E-state index contributed by atoms with van der Waals surface area (Å²) in [5.74, 6) is -3.73. The number of aromatic amines is 2. The van der Waals surface area contributed by atoms with E-state index in [1.807, 2.05) is 6.21 Å². The summed E-state index contributed by atoms with van der Waals surface area (Å²) in [5.41, 5.74) is 13.2. The number of amides is 2. The minimum absolute atomic E-state index is 0.0115. The number of hydrogen-bond acceptors (Lipinski definition) is 27. The molecule has 1 unspecified atom stereocenters. The number of ketones is 2. The molecule has 4 heterocycles. The van der Waals surface area contributed by atoms with E-state index < -0.39 is 47.0 Å². The van der Waals surface area contributed by atoms with E-state index in [2.05, 4.69) is 113 Å². The third kappa shape index (κ3) is 28.8. The van der Waals surface area contributed by atoms with Crippen LogP contribution in [0.1, 0.15) is 119 Å². The topological polar surface area (TPSA) is 459 Å². The second-order valence-corrected chi connectivity index (χ2v) is 25.3. The number of anilines is 6. The highest BCUT2D eigenvalue weighted by Crippen LogP contribution is 2.22. The molecular weight excluding hydrogens is 1300 g/mol. The largest absolute Gasteiger partial charge is 0.480 e. The van der Waals surface area contributed by atoms with E-state index in [-0.39, 0.29) is 108 Å². The number of H-pyrrole nitrogens is 2. The number of carboxylic acid groups (broad SMARTS) is 2. The zero-order chi connectivity index (χ0) is 72.5. The molecule has 3 aromatic heterocycles. The Bertz CT molecular complexity index is 3630. The molecule has 2 aromatic carbocycles. The molecule has 0 radical (unpaired) electrons. The lowest BCUT2D eigenvalue weighted by Gasteiger charge is -2.35. The number of benzene rings is 2. The summed E-state index contributed by atoms with van der Waals surface area (Å²) in [5, 5.41) is 36.8. The fourth-order valence-corrected chi connectivity index (χ4v) is 9.75. The number of nitrogen functional groups attached to an aromatic ring is 2. The first-order chi connectivity index (χ1) is 47.8. The van der Waals surface area contributed by atoms with Crippen LogP contribution in [-0.2, 0) is 54.1 Å². The van der Waals surface area contributed by atoms with Gasteiger partial charge in [0, 0.05) is 105 Å². The van der Waals surface area contributed by atoms with Gasteiger partial charge in [0.1, 0.15) is 29.3 Å². The van der Waals surface area contributed by atoms with Gasteiger partial charge in [-0.2, -0.15) is 9.97 Å². The van der Waals surface area contributed by atoms with Crippen LogP contribution in [0.5, 0.6) is 0 Å². The number of nitrogens with two attached hydrogens (primary N) is 2. The lowest BCUT2D eigenvalue weighted by Crippen LogP contribution is -2.45. The molecule has 0 saturated heterocycles. The van der Waals surface area contributed by atoms with Gasteiger partial charge in [-0.05, 0) is 116 Å². The van der Waals surface area contributed by atoms with Crippen LogP contribution in [0.4, 0.5) is 34.8 Å². The normalized spacial score (nSPS) is 12.9. The Morgan fingerprint density at radius 1 is 0.590 bits per heavy atom. The van der Waals surface area contributed by atoms with E-state index in [0.717, 1.165) is 0 Å². The first-order valence-corrected chi connectivity index (χ1v) is 33.2. The van der Waals surface area contributed by atoms with Gasteiger partial charge in [0.2, 0.25) is 11.9 Å². The summed E-state index contributed by atoms with van der Waals surface area (Å²) in [6, 6.07) is 10.2. The number of nitrogens with zero attached hydrogens (tertiary/aromatic N) is 7. The zero-order valence-electron chi connectivity index (χ0n) is 57.8. The fraction of sp³-hybridized carbons (Fsp3) is 0.537. The monoisotopic (exact) mass is 1400 g/mol. The van der Waals surface area contributed by atoms with Crippen LogP contribution < -0.4 is 54.5 Å². The number of ether oxygens (including phenoxy) is 6. The number of carbonyl (C=O) groups is 6. The second-order valence-electron chi connectivity index (χ2n) is 25.3. The van der Waals surface area contributed by atoms with Crippen LogP contribution in [0, 0.1) is 0 Å². The molecule has 0 fully saturated rings. The van der Waals surface area contributed by atoms with Gasteiger partial charge in [0.25, 0.3) is 22.9 Å². The van der Waals surface area contributed by atoms with Crippen LogP contribution in [0.25, 0.3) is 11.2 Å². The van der Waals surface area contributed by atoms with Crippen LogP contribution >= 0.6 is 0 Å². The summed E-state index contributed by atoms with van der Waals surface area (Å²) in [6.07, 6.45) is 6.19. The minimum atomic E-state index is -1.26. The van der Waals surface area contributed by atoms with Gasteiger partial charge in [0.15, 0.2) is 17.0 Å². The third-order valence-electron chi connectivity index (χ3n) is 15.5.